The predicted octanol–water partition coefficient (Wildman–Crippen LogP) is 5.03. The average molecular weight is 255 g/mol. The largest absolute Gasteiger partial charge is 0.285 e. The zero-order valence-electron chi connectivity index (χ0n) is 12.6. The van der Waals surface area contributed by atoms with Crippen LogP contribution in [0.1, 0.15) is 58.6 Å². The third-order valence-corrected chi connectivity index (χ3v) is 5.55. The summed E-state index contributed by atoms with van der Waals surface area (Å²) >= 11 is 0. The first kappa shape index (κ1) is 12.9. The molecule has 0 saturated heterocycles. The highest BCUT2D eigenvalue weighted by Crippen LogP contribution is 2.60. The summed E-state index contributed by atoms with van der Waals surface area (Å²) in [6.45, 7) is 9.46. The number of fused-ring (bicyclic) bond motifs is 2. The highest BCUT2D eigenvalue weighted by atomic mass is 14.9. The smallest absolute Gasteiger partial charge is 0.0720 e. The summed E-state index contributed by atoms with van der Waals surface area (Å²) in [5, 5.41) is 0. The maximum absolute atomic E-state index is 5.17. The molecule has 0 spiro atoms. The molecule has 102 valence electrons. The second kappa shape index (κ2) is 4.19. The van der Waals surface area contributed by atoms with Gasteiger partial charge in [-0.3, -0.25) is 4.99 Å². The van der Waals surface area contributed by atoms with E-state index in [0.29, 0.717) is 10.8 Å². The van der Waals surface area contributed by atoms with Gasteiger partial charge in [0.2, 0.25) is 0 Å². The first-order chi connectivity index (χ1) is 8.93. The minimum absolute atomic E-state index is 0.284. The average Bonchev–Trinajstić information content (AvgIpc) is 2.87. The Bertz CT molecular complexity index is 493. The zero-order chi connectivity index (χ0) is 13.7. The molecule has 3 rings (SSSR count). The first-order valence-corrected chi connectivity index (χ1v) is 7.57. The molecule has 0 aliphatic heterocycles. The summed E-state index contributed by atoms with van der Waals surface area (Å²) in [6.07, 6.45) is 4.07. The van der Waals surface area contributed by atoms with Crippen LogP contribution in [-0.4, -0.2) is 5.71 Å². The maximum atomic E-state index is 5.17. The monoisotopic (exact) mass is 255 g/mol. The van der Waals surface area contributed by atoms with E-state index in [1.807, 2.05) is 0 Å². The van der Waals surface area contributed by atoms with Crippen LogP contribution < -0.4 is 0 Å². The molecule has 3 atom stereocenters. The Labute approximate surface area is 117 Å². The molecule has 1 heteroatoms. The van der Waals surface area contributed by atoms with Crippen LogP contribution in [0.3, 0.4) is 0 Å². The van der Waals surface area contributed by atoms with Gasteiger partial charge in [0.1, 0.15) is 0 Å². The van der Waals surface area contributed by atoms with Gasteiger partial charge in [0.05, 0.1) is 6.04 Å². The second-order valence-electron chi connectivity index (χ2n) is 7.29. The van der Waals surface area contributed by atoms with Gasteiger partial charge >= 0.3 is 0 Å². The summed E-state index contributed by atoms with van der Waals surface area (Å²) in [7, 11) is 0. The predicted molar refractivity (Wildman–Crippen MR) is 81.5 cm³/mol. The van der Waals surface area contributed by atoms with Crippen LogP contribution in [-0.2, 0) is 0 Å². The number of hydrogen-bond acceptors (Lipinski definition) is 1. The van der Waals surface area contributed by atoms with Gasteiger partial charge in [0.25, 0.3) is 0 Å². The molecule has 3 unspecified atom stereocenters. The second-order valence-corrected chi connectivity index (χ2v) is 7.29. The molecular formula is C18H25N. The van der Waals surface area contributed by atoms with Crippen molar-refractivity contribution in [3.05, 3.63) is 35.9 Å². The lowest BCUT2D eigenvalue weighted by Gasteiger charge is -2.36. The van der Waals surface area contributed by atoms with Crippen LogP contribution in [0, 0.1) is 16.7 Å². The van der Waals surface area contributed by atoms with Gasteiger partial charge in [-0.05, 0) is 37.7 Å². The molecule has 1 aromatic carbocycles. The Morgan fingerprint density at radius 2 is 1.84 bits per heavy atom. The van der Waals surface area contributed by atoms with Crippen LogP contribution in [0.4, 0.5) is 0 Å². The zero-order valence-corrected chi connectivity index (χ0v) is 12.6. The summed E-state index contributed by atoms with van der Waals surface area (Å²) in [5.41, 5.74) is 3.48. The Morgan fingerprint density at radius 3 is 2.42 bits per heavy atom. The molecule has 0 radical (unpaired) electrons. The summed E-state index contributed by atoms with van der Waals surface area (Å²) in [4.78, 5) is 5.17. The Hall–Kier alpha value is -1.11. The molecule has 2 saturated carbocycles. The van der Waals surface area contributed by atoms with E-state index in [2.05, 4.69) is 58.0 Å². The quantitative estimate of drug-likeness (QED) is 0.702. The fraction of sp³-hybridized carbons (Fsp3) is 0.611. The fourth-order valence-corrected chi connectivity index (χ4v) is 4.36. The molecule has 2 aliphatic carbocycles. The minimum Gasteiger partial charge on any atom is -0.285 e. The number of nitrogens with zero attached hydrogens (tertiary/aromatic N) is 1. The first-order valence-electron chi connectivity index (χ1n) is 7.57. The van der Waals surface area contributed by atoms with Crippen molar-refractivity contribution in [2.24, 2.45) is 21.7 Å². The summed E-state index contributed by atoms with van der Waals surface area (Å²) < 4.78 is 0. The molecule has 0 aromatic heterocycles. The van der Waals surface area contributed by atoms with Crippen molar-refractivity contribution < 1.29 is 0 Å². The van der Waals surface area contributed by atoms with Crippen molar-refractivity contribution in [1.82, 2.24) is 0 Å². The van der Waals surface area contributed by atoms with E-state index in [9.17, 15) is 0 Å². The number of benzene rings is 1. The van der Waals surface area contributed by atoms with E-state index in [1.165, 1.54) is 30.5 Å². The Kier molecular flexibility index (Phi) is 2.85. The van der Waals surface area contributed by atoms with Crippen LogP contribution in [0.5, 0.6) is 0 Å². The lowest BCUT2D eigenvalue weighted by atomic mass is 9.70. The minimum atomic E-state index is 0.284. The van der Waals surface area contributed by atoms with E-state index in [0.717, 1.165) is 5.92 Å². The van der Waals surface area contributed by atoms with E-state index in [-0.39, 0.29) is 6.04 Å². The molecule has 0 N–H and O–H groups in total. The van der Waals surface area contributed by atoms with Crippen LogP contribution in [0.25, 0.3) is 0 Å². The van der Waals surface area contributed by atoms with Gasteiger partial charge in [0.15, 0.2) is 0 Å². The lowest BCUT2D eigenvalue weighted by molar-refractivity contribution is 0.331. The van der Waals surface area contributed by atoms with Gasteiger partial charge < -0.3 is 0 Å². The molecule has 0 amide bonds. The topological polar surface area (TPSA) is 12.4 Å². The van der Waals surface area contributed by atoms with Crippen LogP contribution >= 0.6 is 0 Å². The van der Waals surface area contributed by atoms with Crippen molar-refractivity contribution in [1.29, 1.82) is 0 Å². The van der Waals surface area contributed by atoms with Crippen LogP contribution in [0.15, 0.2) is 35.3 Å². The molecule has 1 aromatic rings. The number of aliphatic imine (C=N–C) groups is 1. The normalized spacial score (nSPS) is 35.8. The SMILES string of the molecule is CC(N=C1C2(C)CCC(C2)C1(C)C)c1ccccc1. The molecule has 2 bridgehead atoms. The van der Waals surface area contributed by atoms with Gasteiger partial charge in [-0.2, -0.15) is 0 Å². The van der Waals surface area contributed by atoms with Crippen molar-refractivity contribution in [2.45, 2.75) is 53.0 Å². The van der Waals surface area contributed by atoms with Gasteiger partial charge in [-0.25, -0.2) is 0 Å². The van der Waals surface area contributed by atoms with E-state index < -0.39 is 0 Å². The lowest BCUT2D eigenvalue weighted by Crippen LogP contribution is -2.36. The summed E-state index contributed by atoms with van der Waals surface area (Å²) in [5.74, 6) is 0.847. The molecular weight excluding hydrogens is 230 g/mol. The highest BCUT2D eigenvalue weighted by molar-refractivity contribution is 5.98. The maximum Gasteiger partial charge on any atom is 0.0720 e. The van der Waals surface area contributed by atoms with E-state index >= 15 is 0 Å². The molecule has 0 heterocycles. The van der Waals surface area contributed by atoms with Gasteiger partial charge in [-0.1, -0.05) is 51.1 Å². The number of rotatable bonds is 2. The fourth-order valence-electron chi connectivity index (χ4n) is 4.36. The third kappa shape index (κ3) is 1.94. The third-order valence-electron chi connectivity index (χ3n) is 5.55. The Morgan fingerprint density at radius 1 is 1.16 bits per heavy atom. The highest BCUT2D eigenvalue weighted by Gasteiger charge is 2.57. The standard InChI is InChI=1S/C18H25N/c1-13(14-8-6-5-7-9-14)19-16-17(2,3)15-10-11-18(16,4)12-15/h5-9,13,15H,10-12H2,1-4H3. The van der Waals surface area contributed by atoms with Crippen molar-refractivity contribution >= 4 is 5.71 Å². The van der Waals surface area contributed by atoms with Gasteiger partial charge in [0, 0.05) is 16.5 Å². The number of hydrogen-bond donors (Lipinski definition) is 0. The molecule has 2 aliphatic rings. The molecule has 19 heavy (non-hydrogen) atoms. The molecule has 2 fully saturated rings. The summed E-state index contributed by atoms with van der Waals surface area (Å²) in [6, 6.07) is 11.0. The van der Waals surface area contributed by atoms with E-state index in [1.54, 1.807) is 0 Å². The van der Waals surface area contributed by atoms with E-state index in [4.69, 9.17) is 4.99 Å². The Balaban J connectivity index is 1.95. The van der Waals surface area contributed by atoms with Gasteiger partial charge in [-0.15, -0.1) is 0 Å². The van der Waals surface area contributed by atoms with Crippen molar-refractivity contribution in [3.63, 3.8) is 0 Å². The van der Waals surface area contributed by atoms with Crippen LogP contribution in [0.2, 0.25) is 0 Å². The molecule has 1 nitrogen and oxygen atoms in total. The van der Waals surface area contributed by atoms with Crippen molar-refractivity contribution in [2.75, 3.05) is 0 Å². The van der Waals surface area contributed by atoms with Crippen molar-refractivity contribution in [3.8, 4) is 0 Å².